The van der Waals surface area contributed by atoms with Crippen LogP contribution in [0.25, 0.3) is 0 Å². The molecule has 5 heteroatoms. The Morgan fingerprint density at radius 1 is 0.679 bits per heavy atom. The summed E-state index contributed by atoms with van der Waals surface area (Å²) in [7, 11) is -3.97. The highest BCUT2D eigenvalue weighted by atomic mass is 32.2. The van der Waals surface area contributed by atoms with Crippen LogP contribution in [0.5, 0.6) is 0 Å². The summed E-state index contributed by atoms with van der Waals surface area (Å²) in [5, 5.41) is 0. The van der Waals surface area contributed by atoms with Crippen LogP contribution in [0, 0.1) is 0 Å². The van der Waals surface area contributed by atoms with Gasteiger partial charge in [-0.1, -0.05) is 69.3 Å². The zero-order valence-corrected chi connectivity index (χ0v) is 18.3. The molecule has 0 radical (unpaired) electrons. The molecule has 0 saturated carbocycles. The first-order chi connectivity index (χ1) is 13.1. The van der Waals surface area contributed by atoms with Gasteiger partial charge >= 0.3 is 0 Å². The lowest BCUT2D eigenvalue weighted by molar-refractivity contribution is 0.470. The first-order valence-electron chi connectivity index (χ1n) is 8.91. The van der Waals surface area contributed by atoms with Gasteiger partial charge in [0.05, 0.1) is 21.0 Å². The normalized spacial score (nSPS) is 11.6. The summed E-state index contributed by atoms with van der Waals surface area (Å²) in [5.74, 6) is 0. The van der Waals surface area contributed by atoms with Gasteiger partial charge in [-0.05, 0) is 47.4 Å². The van der Waals surface area contributed by atoms with Gasteiger partial charge in [-0.3, -0.25) is 0 Å². The van der Waals surface area contributed by atoms with Crippen molar-refractivity contribution in [1.29, 1.82) is 0 Å². The van der Waals surface area contributed by atoms with Crippen molar-refractivity contribution in [2.45, 2.75) is 40.9 Å². The maximum atomic E-state index is 9.08. The Labute approximate surface area is 171 Å². The summed E-state index contributed by atoms with van der Waals surface area (Å²) < 4.78 is 27.2. The van der Waals surface area contributed by atoms with Crippen molar-refractivity contribution in [2.75, 3.05) is 6.26 Å². The van der Waals surface area contributed by atoms with Gasteiger partial charge < -0.3 is 4.55 Å². The maximum Gasteiger partial charge on any atom is 0.166 e. The minimum atomic E-state index is -3.92. The summed E-state index contributed by atoms with van der Waals surface area (Å²) in [5.41, 5.74) is 1.57. The van der Waals surface area contributed by atoms with Gasteiger partial charge in [0, 0.05) is 6.26 Å². The van der Waals surface area contributed by atoms with Crippen LogP contribution in [0.2, 0.25) is 0 Å². The topological polar surface area (TPSA) is 57.2 Å². The van der Waals surface area contributed by atoms with Crippen LogP contribution in [0.3, 0.4) is 0 Å². The predicted molar refractivity (Wildman–Crippen MR) is 116 cm³/mol. The molecule has 0 heterocycles. The molecule has 3 rings (SSSR count). The minimum Gasteiger partial charge on any atom is -0.748 e. The fourth-order valence-corrected chi connectivity index (χ4v) is 4.70. The van der Waals surface area contributed by atoms with Crippen molar-refractivity contribution < 1.29 is 13.0 Å². The van der Waals surface area contributed by atoms with E-state index in [9.17, 15) is 0 Å². The molecule has 3 aromatic carbocycles. The van der Waals surface area contributed by atoms with E-state index in [-0.39, 0.29) is 16.3 Å². The molecule has 0 aliphatic rings. The van der Waals surface area contributed by atoms with Gasteiger partial charge in [0.15, 0.2) is 14.7 Å². The van der Waals surface area contributed by atoms with Crippen molar-refractivity contribution >= 4 is 21.0 Å². The second-order valence-electron chi connectivity index (χ2n) is 7.41. The van der Waals surface area contributed by atoms with Crippen molar-refractivity contribution in [3.05, 3.63) is 90.5 Å². The molecule has 0 spiro atoms. The lowest BCUT2D eigenvalue weighted by atomic mass is 9.87. The molecule has 0 saturated heterocycles. The van der Waals surface area contributed by atoms with Crippen LogP contribution < -0.4 is 0 Å². The highest BCUT2D eigenvalue weighted by Crippen LogP contribution is 2.32. The molecule has 0 aliphatic carbocycles. The quantitative estimate of drug-likeness (QED) is 0.435. The Bertz CT molecular complexity index is 912. The molecule has 148 valence electrons. The Hall–Kier alpha value is -2.08. The van der Waals surface area contributed by atoms with Crippen LogP contribution in [0.1, 0.15) is 26.3 Å². The molecule has 3 aromatic rings. The molecule has 0 N–H and O–H groups in total. The Morgan fingerprint density at radius 2 is 1.00 bits per heavy atom. The summed E-state index contributed by atoms with van der Waals surface area (Å²) >= 11 is 0. The fraction of sp³-hybridized carbons (Fsp3) is 0.217. The van der Waals surface area contributed by atoms with E-state index in [0.29, 0.717) is 6.26 Å². The molecule has 0 amide bonds. The molecular formula is C23H26O3S2. The van der Waals surface area contributed by atoms with Crippen molar-refractivity contribution in [3.63, 3.8) is 0 Å². The van der Waals surface area contributed by atoms with Crippen molar-refractivity contribution in [2.24, 2.45) is 0 Å². The zero-order chi connectivity index (χ0) is 20.8. The third-order valence-electron chi connectivity index (χ3n) is 3.91. The molecule has 0 bridgehead atoms. The first-order valence-corrected chi connectivity index (χ1v) is 12.0. The molecule has 0 aliphatic heterocycles. The van der Waals surface area contributed by atoms with E-state index in [1.54, 1.807) is 0 Å². The average Bonchev–Trinajstić information content (AvgIpc) is 2.62. The molecule has 28 heavy (non-hydrogen) atoms. The molecule has 0 atom stereocenters. The second-order valence-corrected chi connectivity index (χ2v) is 10.8. The third kappa shape index (κ3) is 7.15. The number of hydrogen-bond donors (Lipinski definition) is 0. The van der Waals surface area contributed by atoms with E-state index >= 15 is 0 Å². The smallest absolute Gasteiger partial charge is 0.166 e. The standard InChI is InChI=1S/C22H23S.CH4O3S/c1-22(2,3)18-14-16-21(17-15-18)23(19-10-6-4-7-11-19)20-12-8-5-9-13-20;1-5(2,3)4/h4-17H,1-3H3;1H3,(H,2,3,4)/q+1;/p-1. The van der Waals surface area contributed by atoms with Crippen molar-refractivity contribution in [1.82, 2.24) is 0 Å². The largest absolute Gasteiger partial charge is 0.748 e. The Morgan fingerprint density at radius 3 is 1.32 bits per heavy atom. The minimum absolute atomic E-state index is 0.0497. The Balaban J connectivity index is 0.000000500. The molecular weight excluding hydrogens is 388 g/mol. The van der Waals surface area contributed by atoms with Crippen LogP contribution in [-0.4, -0.2) is 19.2 Å². The molecule has 0 fully saturated rings. The molecule has 0 aromatic heterocycles. The maximum absolute atomic E-state index is 9.08. The van der Waals surface area contributed by atoms with Gasteiger partial charge in [-0.25, -0.2) is 8.42 Å². The second kappa shape index (κ2) is 9.41. The van der Waals surface area contributed by atoms with Crippen LogP contribution in [-0.2, 0) is 26.4 Å². The van der Waals surface area contributed by atoms with Gasteiger partial charge in [0.1, 0.15) is 0 Å². The van der Waals surface area contributed by atoms with Crippen LogP contribution in [0.15, 0.2) is 99.6 Å². The highest BCUT2D eigenvalue weighted by Gasteiger charge is 2.28. The number of benzene rings is 3. The highest BCUT2D eigenvalue weighted by molar-refractivity contribution is 7.97. The van der Waals surface area contributed by atoms with Crippen LogP contribution in [0.4, 0.5) is 0 Å². The van der Waals surface area contributed by atoms with E-state index < -0.39 is 10.1 Å². The summed E-state index contributed by atoms with van der Waals surface area (Å²) in [6.07, 6.45) is 0.604. The zero-order valence-electron chi connectivity index (χ0n) is 16.6. The molecule has 3 nitrogen and oxygen atoms in total. The van der Waals surface area contributed by atoms with E-state index in [1.807, 2.05) is 0 Å². The van der Waals surface area contributed by atoms with Gasteiger partial charge in [-0.2, -0.15) is 0 Å². The third-order valence-corrected chi connectivity index (χ3v) is 6.14. The summed E-state index contributed by atoms with van der Waals surface area (Å²) in [4.78, 5) is 4.10. The predicted octanol–water partition coefficient (Wildman–Crippen LogP) is 5.24. The SMILES string of the molecule is CC(C)(C)c1ccc([S+](c2ccccc2)c2ccccc2)cc1.CS(=O)(=O)[O-]. The fourth-order valence-electron chi connectivity index (χ4n) is 2.61. The molecule has 0 unspecified atom stereocenters. The lowest BCUT2D eigenvalue weighted by Gasteiger charge is -2.19. The number of hydrogen-bond acceptors (Lipinski definition) is 3. The lowest BCUT2D eigenvalue weighted by Crippen LogP contribution is -2.11. The Kier molecular flexibility index (Phi) is 7.47. The van der Waals surface area contributed by atoms with Gasteiger partial charge in [-0.15, -0.1) is 0 Å². The first kappa shape index (κ1) is 22.2. The van der Waals surface area contributed by atoms with E-state index in [4.69, 9.17) is 13.0 Å². The van der Waals surface area contributed by atoms with E-state index in [2.05, 4.69) is 106 Å². The number of rotatable bonds is 3. The van der Waals surface area contributed by atoms with Gasteiger partial charge in [0.25, 0.3) is 0 Å². The summed E-state index contributed by atoms with van der Waals surface area (Å²) in [6.45, 7) is 6.78. The summed E-state index contributed by atoms with van der Waals surface area (Å²) in [6, 6.07) is 30.7. The van der Waals surface area contributed by atoms with Crippen LogP contribution >= 0.6 is 0 Å². The van der Waals surface area contributed by atoms with Gasteiger partial charge in [0.2, 0.25) is 0 Å². The van der Waals surface area contributed by atoms with E-state index in [0.717, 1.165) is 0 Å². The average molecular weight is 415 g/mol. The van der Waals surface area contributed by atoms with E-state index in [1.165, 1.54) is 20.2 Å². The monoisotopic (exact) mass is 414 g/mol. The van der Waals surface area contributed by atoms with Crippen molar-refractivity contribution in [3.8, 4) is 0 Å².